The highest BCUT2D eigenvalue weighted by Gasteiger charge is 2.32. The third kappa shape index (κ3) is 3.32. The SMILES string of the molecule is N#Cc1cccc(C(=O)N(CCc2cccs2)C2CC2)c1. The number of hydrogen-bond acceptors (Lipinski definition) is 3. The van der Waals surface area contributed by atoms with E-state index in [0.717, 1.165) is 25.8 Å². The van der Waals surface area contributed by atoms with Crippen LogP contribution in [0.3, 0.4) is 0 Å². The predicted molar refractivity (Wildman–Crippen MR) is 83.2 cm³/mol. The molecule has 1 aromatic heterocycles. The van der Waals surface area contributed by atoms with E-state index in [9.17, 15) is 4.79 Å². The maximum Gasteiger partial charge on any atom is 0.254 e. The van der Waals surface area contributed by atoms with Gasteiger partial charge in [0.2, 0.25) is 0 Å². The van der Waals surface area contributed by atoms with Crippen molar-refractivity contribution in [2.45, 2.75) is 25.3 Å². The number of carbonyl (C=O) groups excluding carboxylic acids is 1. The number of amides is 1. The monoisotopic (exact) mass is 296 g/mol. The number of hydrogen-bond donors (Lipinski definition) is 0. The Morgan fingerprint density at radius 2 is 2.19 bits per heavy atom. The second kappa shape index (κ2) is 6.11. The molecular weight excluding hydrogens is 280 g/mol. The summed E-state index contributed by atoms with van der Waals surface area (Å²) in [5.74, 6) is 0.0474. The van der Waals surface area contributed by atoms with Gasteiger partial charge in [-0.3, -0.25) is 4.79 Å². The molecule has 0 saturated heterocycles. The van der Waals surface area contributed by atoms with Gasteiger partial charge in [0.05, 0.1) is 11.6 Å². The van der Waals surface area contributed by atoms with Crippen LogP contribution >= 0.6 is 11.3 Å². The smallest absolute Gasteiger partial charge is 0.254 e. The van der Waals surface area contributed by atoms with Gasteiger partial charge in [-0.05, 0) is 48.9 Å². The molecule has 4 heteroatoms. The average molecular weight is 296 g/mol. The quantitative estimate of drug-likeness (QED) is 0.848. The highest BCUT2D eigenvalue weighted by molar-refractivity contribution is 7.09. The Labute approximate surface area is 128 Å². The van der Waals surface area contributed by atoms with Crippen LogP contribution in [0.15, 0.2) is 41.8 Å². The molecule has 3 nitrogen and oxygen atoms in total. The van der Waals surface area contributed by atoms with E-state index in [2.05, 4.69) is 17.5 Å². The molecule has 1 fully saturated rings. The Morgan fingerprint density at radius 3 is 2.86 bits per heavy atom. The first-order valence-electron chi connectivity index (χ1n) is 7.11. The molecule has 1 aliphatic carbocycles. The standard InChI is InChI=1S/C17H16N2OS/c18-12-13-3-1-4-14(11-13)17(20)19(15-6-7-15)9-8-16-5-2-10-21-16/h1-5,10-11,15H,6-9H2. The average Bonchev–Trinajstić information content (AvgIpc) is 3.22. The minimum absolute atomic E-state index is 0.0474. The van der Waals surface area contributed by atoms with Gasteiger partial charge in [0, 0.05) is 23.0 Å². The van der Waals surface area contributed by atoms with E-state index in [1.165, 1.54) is 4.88 Å². The van der Waals surface area contributed by atoms with E-state index in [0.29, 0.717) is 17.2 Å². The molecule has 1 heterocycles. The van der Waals surface area contributed by atoms with Crippen LogP contribution in [0.2, 0.25) is 0 Å². The number of nitriles is 1. The third-order valence-electron chi connectivity index (χ3n) is 3.67. The Morgan fingerprint density at radius 1 is 1.33 bits per heavy atom. The lowest BCUT2D eigenvalue weighted by Crippen LogP contribution is -2.34. The van der Waals surface area contributed by atoms with E-state index in [1.807, 2.05) is 11.0 Å². The van der Waals surface area contributed by atoms with Crippen molar-refractivity contribution >= 4 is 17.2 Å². The first-order chi connectivity index (χ1) is 10.3. The second-order valence-electron chi connectivity index (χ2n) is 5.25. The summed E-state index contributed by atoms with van der Waals surface area (Å²) in [6.07, 6.45) is 3.08. The van der Waals surface area contributed by atoms with E-state index in [1.54, 1.807) is 35.6 Å². The highest BCUT2D eigenvalue weighted by Crippen LogP contribution is 2.29. The van der Waals surface area contributed by atoms with E-state index in [4.69, 9.17) is 5.26 Å². The normalized spacial score (nSPS) is 13.7. The van der Waals surface area contributed by atoms with Crippen molar-refractivity contribution in [1.82, 2.24) is 4.90 Å². The fourth-order valence-corrected chi connectivity index (χ4v) is 3.11. The van der Waals surface area contributed by atoms with E-state index >= 15 is 0 Å². The summed E-state index contributed by atoms with van der Waals surface area (Å²) in [5.41, 5.74) is 1.15. The van der Waals surface area contributed by atoms with Crippen LogP contribution in [-0.4, -0.2) is 23.4 Å². The van der Waals surface area contributed by atoms with Crippen molar-refractivity contribution < 1.29 is 4.79 Å². The number of carbonyl (C=O) groups is 1. The first kappa shape index (κ1) is 13.8. The Bertz CT molecular complexity index is 668. The highest BCUT2D eigenvalue weighted by atomic mass is 32.1. The summed E-state index contributed by atoms with van der Waals surface area (Å²) < 4.78 is 0. The molecule has 21 heavy (non-hydrogen) atoms. The minimum Gasteiger partial charge on any atom is -0.335 e. The van der Waals surface area contributed by atoms with Crippen LogP contribution < -0.4 is 0 Å². The molecule has 0 N–H and O–H groups in total. The zero-order valence-corrected chi connectivity index (χ0v) is 12.5. The maximum atomic E-state index is 12.7. The molecule has 0 aliphatic heterocycles. The van der Waals surface area contributed by atoms with E-state index < -0.39 is 0 Å². The van der Waals surface area contributed by atoms with Crippen LogP contribution in [-0.2, 0) is 6.42 Å². The summed E-state index contributed by atoms with van der Waals surface area (Å²) in [6, 6.07) is 13.6. The predicted octanol–water partition coefficient (Wildman–Crippen LogP) is 3.47. The van der Waals surface area contributed by atoms with Gasteiger partial charge in [-0.15, -0.1) is 11.3 Å². The molecule has 106 valence electrons. The second-order valence-corrected chi connectivity index (χ2v) is 6.28. The van der Waals surface area contributed by atoms with Gasteiger partial charge in [0.1, 0.15) is 0 Å². The molecule has 0 atom stereocenters. The topological polar surface area (TPSA) is 44.1 Å². The lowest BCUT2D eigenvalue weighted by atomic mass is 10.1. The molecule has 1 aliphatic rings. The molecular formula is C17H16N2OS. The van der Waals surface area contributed by atoms with Crippen LogP contribution in [0.25, 0.3) is 0 Å². The van der Waals surface area contributed by atoms with Crippen LogP contribution in [0.1, 0.15) is 33.6 Å². The van der Waals surface area contributed by atoms with Crippen LogP contribution in [0.4, 0.5) is 0 Å². The first-order valence-corrected chi connectivity index (χ1v) is 7.99. The summed E-state index contributed by atoms with van der Waals surface area (Å²) in [7, 11) is 0. The molecule has 0 bridgehead atoms. The summed E-state index contributed by atoms with van der Waals surface area (Å²) in [4.78, 5) is 15.9. The molecule has 1 aromatic carbocycles. The molecule has 1 amide bonds. The Hall–Kier alpha value is -2.12. The zero-order chi connectivity index (χ0) is 14.7. The van der Waals surface area contributed by atoms with Crippen molar-refractivity contribution in [2.24, 2.45) is 0 Å². The lowest BCUT2D eigenvalue weighted by Gasteiger charge is -2.22. The maximum absolute atomic E-state index is 12.7. The molecule has 0 unspecified atom stereocenters. The fourth-order valence-electron chi connectivity index (χ4n) is 2.41. The van der Waals surface area contributed by atoms with Gasteiger partial charge in [0.15, 0.2) is 0 Å². The third-order valence-corrected chi connectivity index (χ3v) is 4.60. The van der Waals surface area contributed by atoms with Crippen molar-refractivity contribution in [3.63, 3.8) is 0 Å². The summed E-state index contributed by atoms with van der Waals surface area (Å²) in [5, 5.41) is 11.0. The van der Waals surface area contributed by atoms with Crippen LogP contribution in [0.5, 0.6) is 0 Å². The molecule has 0 radical (unpaired) electrons. The van der Waals surface area contributed by atoms with Gasteiger partial charge < -0.3 is 4.90 Å². The van der Waals surface area contributed by atoms with Gasteiger partial charge in [-0.1, -0.05) is 12.1 Å². The van der Waals surface area contributed by atoms with Crippen molar-refractivity contribution in [2.75, 3.05) is 6.54 Å². The Balaban J connectivity index is 1.73. The number of nitrogens with zero attached hydrogens (tertiary/aromatic N) is 2. The van der Waals surface area contributed by atoms with Crippen molar-refractivity contribution in [3.8, 4) is 6.07 Å². The molecule has 2 aromatic rings. The van der Waals surface area contributed by atoms with Gasteiger partial charge >= 0.3 is 0 Å². The number of thiophene rings is 1. The molecule has 0 spiro atoms. The van der Waals surface area contributed by atoms with Gasteiger partial charge in [0.25, 0.3) is 5.91 Å². The largest absolute Gasteiger partial charge is 0.335 e. The van der Waals surface area contributed by atoms with E-state index in [-0.39, 0.29) is 5.91 Å². The Kier molecular flexibility index (Phi) is 4.03. The number of benzene rings is 1. The fraction of sp³-hybridized carbons (Fsp3) is 0.294. The molecule has 1 saturated carbocycles. The van der Waals surface area contributed by atoms with Crippen LogP contribution in [0, 0.1) is 11.3 Å². The van der Waals surface area contributed by atoms with Crippen molar-refractivity contribution in [3.05, 3.63) is 57.8 Å². The van der Waals surface area contributed by atoms with Gasteiger partial charge in [-0.25, -0.2) is 0 Å². The minimum atomic E-state index is 0.0474. The van der Waals surface area contributed by atoms with Gasteiger partial charge in [-0.2, -0.15) is 5.26 Å². The molecule has 3 rings (SSSR count). The number of rotatable bonds is 5. The summed E-state index contributed by atoms with van der Waals surface area (Å²) in [6.45, 7) is 0.751. The summed E-state index contributed by atoms with van der Waals surface area (Å²) >= 11 is 1.73. The lowest BCUT2D eigenvalue weighted by molar-refractivity contribution is 0.0745. The van der Waals surface area contributed by atoms with Crippen molar-refractivity contribution in [1.29, 1.82) is 5.26 Å². The zero-order valence-electron chi connectivity index (χ0n) is 11.7.